The van der Waals surface area contributed by atoms with E-state index in [0.29, 0.717) is 18.7 Å². The van der Waals surface area contributed by atoms with Crippen LogP contribution < -0.4 is 4.74 Å². The molecule has 3 nitrogen and oxygen atoms in total. The Hall–Kier alpha value is -2.36. The van der Waals surface area contributed by atoms with Gasteiger partial charge in [0, 0.05) is 5.56 Å². The summed E-state index contributed by atoms with van der Waals surface area (Å²) in [4.78, 5) is 13.9. The largest absolute Gasteiger partial charge is 0.486 e. The van der Waals surface area contributed by atoms with E-state index in [2.05, 4.69) is 13.0 Å². The first-order valence-corrected chi connectivity index (χ1v) is 7.46. The first-order valence-electron chi connectivity index (χ1n) is 7.46. The van der Waals surface area contributed by atoms with Crippen LogP contribution in [0.5, 0.6) is 5.75 Å². The van der Waals surface area contributed by atoms with Crippen LogP contribution in [0.25, 0.3) is 0 Å². The molecule has 0 saturated carbocycles. The van der Waals surface area contributed by atoms with Crippen molar-refractivity contribution in [1.82, 2.24) is 4.90 Å². The molecule has 1 amide bonds. The van der Waals surface area contributed by atoms with Crippen LogP contribution in [0.3, 0.4) is 0 Å². The Balaban J connectivity index is 1.58. The minimum Gasteiger partial charge on any atom is -0.486 e. The van der Waals surface area contributed by atoms with Gasteiger partial charge in [-0.15, -0.1) is 0 Å². The van der Waals surface area contributed by atoms with E-state index in [4.69, 9.17) is 4.74 Å². The zero-order valence-electron chi connectivity index (χ0n) is 12.5. The molecule has 0 aromatic heterocycles. The van der Waals surface area contributed by atoms with Crippen molar-refractivity contribution in [2.75, 3.05) is 13.1 Å². The molecule has 0 N–H and O–H groups in total. The molecule has 1 aliphatic heterocycles. The van der Waals surface area contributed by atoms with Crippen LogP contribution in [0.1, 0.15) is 22.8 Å². The third-order valence-electron chi connectivity index (χ3n) is 3.87. The molecule has 114 valence electrons. The zero-order chi connectivity index (χ0) is 15.5. The highest BCUT2D eigenvalue weighted by atomic mass is 19.1. The maximum Gasteiger partial charge on any atom is 0.254 e. The number of ether oxygens (including phenoxy) is 1. The highest BCUT2D eigenvalue weighted by Gasteiger charge is 2.33. The summed E-state index contributed by atoms with van der Waals surface area (Å²) in [5, 5.41) is 0. The molecule has 2 aromatic carbocycles. The number of hydrogen-bond donors (Lipinski definition) is 0. The van der Waals surface area contributed by atoms with Gasteiger partial charge in [-0.05, 0) is 42.3 Å². The van der Waals surface area contributed by atoms with E-state index in [0.717, 1.165) is 12.2 Å². The molecule has 1 heterocycles. The van der Waals surface area contributed by atoms with Crippen molar-refractivity contribution < 1.29 is 13.9 Å². The standard InChI is InChI=1S/C18H18FNO2/c1-2-13-5-3-4-6-17(13)22-16-11-20(12-16)18(21)14-7-9-15(19)10-8-14/h3-10,16H,2,11-12H2,1H3. The lowest BCUT2D eigenvalue weighted by molar-refractivity contribution is 0.0174. The van der Waals surface area contributed by atoms with Crippen LogP contribution >= 0.6 is 0 Å². The molecule has 3 rings (SSSR count). The Morgan fingerprint density at radius 1 is 1.18 bits per heavy atom. The second kappa shape index (κ2) is 6.18. The number of carbonyl (C=O) groups is 1. The smallest absolute Gasteiger partial charge is 0.254 e. The summed E-state index contributed by atoms with van der Waals surface area (Å²) in [7, 11) is 0. The lowest BCUT2D eigenvalue weighted by Gasteiger charge is -2.39. The van der Waals surface area contributed by atoms with Crippen molar-refractivity contribution in [3.63, 3.8) is 0 Å². The third-order valence-corrected chi connectivity index (χ3v) is 3.87. The fourth-order valence-corrected chi connectivity index (χ4v) is 2.54. The summed E-state index contributed by atoms with van der Waals surface area (Å²) in [6, 6.07) is 13.6. The van der Waals surface area contributed by atoms with E-state index in [1.165, 1.54) is 29.8 Å². The fourth-order valence-electron chi connectivity index (χ4n) is 2.54. The van der Waals surface area contributed by atoms with Crippen molar-refractivity contribution in [3.05, 3.63) is 65.5 Å². The second-order valence-corrected chi connectivity index (χ2v) is 5.42. The molecule has 1 aliphatic rings. The first-order chi connectivity index (χ1) is 10.7. The fraction of sp³-hybridized carbons (Fsp3) is 0.278. The van der Waals surface area contributed by atoms with E-state index in [9.17, 15) is 9.18 Å². The second-order valence-electron chi connectivity index (χ2n) is 5.42. The average Bonchev–Trinajstić information content (AvgIpc) is 2.51. The van der Waals surface area contributed by atoms with Gasteiger partial charge in [-0.3, -0.25) is 4.79 Å². The summed E-state index contributed by atoms with van der Waals surface area (Å²) < 4.78 is 18.8. The van der Waals surface area contributed by atoms with Gasteiger partial charge < -0.3 is 9.64 Å². The molecule has 22 heavy (non-hydrogen) atoms. The maximum absolute atomic E-state index is 12.9. The van der Waals surface area contributed by atoms with Crippen molar-refractivity contribution in [3.8, 4) is 5.75 Å². The summed E-state index contributed by atoms with van der Waals surface area (Å²) in [5.74, 6) is 0.477. The minimum atomic E-state index is -0.336. The normalized spacial score (nSPS) is 14.5. The Kier molecular flexibility index (Phi) is 4.09. The predicted octanol–water partition coefficient (Wildman–Crippen LogP) is 3.29. The molecule has 1 fully saturated rings. The predicted molar refractivity (Wildman–Crippen MR) is 82.5 cm³/mol. The number of hydrogen-bond acceptors (Lipinski definition) is 2. The molecular formula is C18H18FNO2. The van der Waals surface area contributed by atoms with E-state index >= 15 is 0 Å². The number of para-hydroxylation sites is 1. The highest BCUT2D eigenvalue weighted by Crippen LogP contribution is 2.23. The molecule has 0 radical (unpaired) electrons. The summed E-state index contributed by atoms with van der Waals surface area (Å²) in [6.07, 6.45) is 0.943. The van der Waals surface area contributed by atoms with Crippen molar-refractivity contribution in [2.45, 2.75) is 19.4 Å². The van der Waals surface area contributed by atoms with Crippen molar-refractivity contribution >= 4 is 5.91 Å². The van der Waals surface area contributed by atoms with Gasteiger partial charge in [0.2, 0.25) is 0 Å². The number of rotatable bonds is 4. The topological polar surface area (TPSA) is 29.5 Å². The van der Waals surface area contributed by atoms with Crippen molar-refractivity contribution in [1.29, 1.82) is 0 Å². The number of halogens is 1. The van der Waals surface area contributed by atoms with Gasteiger partial charge in [-0.25, -0.2) is 4.39 Å². The number of aryl methyl sites for hydroxylation is 1. The molecule has 0 unspecified atom stereocenters. The lowest BCUT2D eigenvalue weighted by atomic mass is 10.1. The van der Waals surface area contributed by atoms with E-state index < -0.39 is 0 Å². The monoisotopic (exact) mass is 299 g/mol. The Labute approximate surface area is 129 Å². The zero-order valence-corrected chi connectivity index (χ0v) is 12.5. The molecule has 0 aliphatic carbocycles. The number of nitrogens with zero attached hydrogens (tertiary/aromatic N) is 1. The quantitative estimate of drug-likeness (QED) is 0.867. The highest BCUT2D eigenvalue weighted by molar-refractivity contribution is 5.94. The van der Waals surface area contributed by atoms with Gasteiger partial charge in [-0.2, -0.15) is 0 Å². The van der Waals surface area contributed by atoms with Gasteiger partial charge in [0.1, 0.15) is 17.7 Å². The third kappa shape index (κ3) is 2.96. The Bertz CT molecular complexity index is 663. The molecule has 4 heteroatoms. The Morgan fingerprint density at radius 3 is 2.55 bits per heavy atom. The van der Waals surface area contributed by atoms with Gasteiger partial charge in [-0.1, -0.05) is 25.1 Å². The summed E-state index contributed by atoms with van der Waals surface area (Å²) in [6.45, 7) is 3.22. The van der Waals surface area contributed by atoms with Gasteiger partial charge in [0.25, 0.3) is 5.91 Å². The summed E-state index contributed by atoms with van der Waals surface area (Å²) >= 11 is 0. The molecular weight excluding hydrogens is 281 g/mol. The number of benzene rings is 2. The van der Waals surface area contributed by atoms with E-state index in [1.807, 2.05) is 18.2 Å². The van der Waals surface area contributed by atoms with Crippen LogP contribution in [-0.2, 0) is 6.42 Å². The van der Waals surface area contributed by atoms with Gasteiger partial charge in [0.15, 0.2) is 0 Å². The summed E-state index contributed by atoms with van der Waals surface area (Å²) in [5.41, 5.74) is 1.68. The van der Waals surface area contributed by atoms with Crippen LogP contribution in [-0.4, -0.2) is 30.0 Å². The van der Waals surface area contributed by atoms with E-state index in [-0.39, 0.29) is 17.8 Å². The van der Waals surface area contributed by atoms with Crippen LogP contribution in [0.2, 0.25) is 0 Å². The van der Waals surface area contributed by atoms with Gasteiger partial charge >= 0.3 is 0 Å². The SMILES string of the molecule is CCc1ccccc1OC1CN(C(=O)c2ccc(F)cc2)C1. The number of amides is 1. The molecule has 1 saturated heterocycles. The van der Waals surface area contributed by atoms with E-state index in [1.54, 1.807) is 4.90 Å². The van der Waals surface area contributed by atoms with Crippen LogP contribution in [0.15, 0.2) is 48.5 Å². The van der Waals surface area contributed by atoms with Crippen LogP contribution in [0, 0.1) is 5.82 Å². The number of likely N-dealkylation sites (tertiary alicyclic amines) is 1. The Morgan fingerprint density at radius 2 is 1.86 bits per heavy atom. The molecule has 0 spiro atoms. The first kappa shape index (κ1) is 14.6. The molecule has 0 bridgehead atoms. The van der Waals surface area contributed by atoms with Crippen LogP contribution in [0.4, 0.5) is 4.39 Å². The average molecular weight is 299 g/mol. The van der Waals surface area contributed by atoms with Crippen molar-refractivity contribution in [2.24, 2.45) is 0 Å². The minimum absolute atomic E-state index is 0.0251. The molecule has 2 aromatic rings. The van der Waals surface area contributed by atoms with Gasteiger partial charge in [0.05, 0.1) is 13.1 Å². The number of carbonyl (C=O) groups excluding carboxylic acids is 1. The lowest BCUT2D eigenvalue weighted by Crippen LogP contribution is -2.56. The maximum atomic E-state index is 12.9. The molecule has 0 atom stereocenters.